The van der Waals surface area contributed by atoms with Crippen LogP contribution in [0.4, 0.5) is 0 Å². The molecule has 3 rings (SSSR count). The number of rotatable bonds is 8. The van der Waals surface area contributed by atoms with Crippen molar-refractivity contribution in [1.82, 2.24) is 25.0 Å². The first-order chi connectivity index (χ1) is 14.4. The second-order valence-electron chi connectivity index (χ2n) is 7.25. The maximum absolute atomic E-state index is 12.9. The van der Waals surface area contributed by atoms with Crippen molar-refractivity contribution in [3.8, 4) is 5.82 Å². The van der Waals surface area contributed by atoms with Crippen LogP contribution in [0.5, 0.6) is 0 Å². The van der Waals surface area contributed by atoms with Crippen molar-refractivity contribution in [3.05, 3.63) is 75.7 Å². The summed E-state index contributed by atoms with van der Waals surface area (Å²) in [5.41, 5.74) is 4.32. The lowest BCUT2D eigenvalue weighted by molar-refractivity contribution is 0.0946. The van der Waals surface area contributed by atoms with E-state index in [1.54, 1.807) is 16.8 Å². The average Bonchev–Trinajstić information content (AvgIpc) is 3.09. The smallest absolute Gasteiger partial charge is 0.271 e. The molecule has 0 spiro atoms. The Bertz CT molecular complexity index is 1030. The minimum absolute atomic E-state index is 0.197. The van der Waals surface area contributed by atoms with Gasteiger partial charge in [0, 0.05) is 18.8 Å². The Labute approximate surface area is 182 Å². The van der Waals surface area contributed by atoms with Crippen molar-refractivity contribution in [3.63, 3.8) is 0 Å². The van der Waals surface area contributed by atoms with Crippen LogP contribution in [-0.4, -0.2) is 38.7 Å². The summed E-state index contributed by atoms with van der Waals surface area (Å²) in [4.78, 5) is 19.7. The lowest BCUT2D eigenvalue weighted by atomic mass is 10.1. The minimum Gasteiger partial charge on any atom is -0.347 e. The van der Waals surface area contributed by atoms with Gasteiger partial charge in [0.05, 0.1) is 10.7 Å². The molecule has 0 atom stereocenters. The Morgan fingerprint density at radius 1 is 1.10 bits per heavy atom. The fourth-order valence-corrected chi connectivity index (χ4v) is 3.59. The highest BCUT2D eigenvalue weighted by Crippen LogP contribution is 2.18. The van der Waals surface area contributed by atoms with Gasteiger partial charge in [0.2, 0.25) is 0 Å². The van der Waals surface area contributed by atoms with Crippen molar-refractivity contribution < 1.29 is 4.79 Å². The molecule has 0 saturated heterocycles. The predicted octanol–water partition coefficient (Wildman–Crippen LogP) is 4.31. The summed E-state index contributed by atoms with van der Waals surface area (Å²) >= 11 is 6.28. The summed E-state index contributed by atoms with van der Waals surface area (Å²) in [6.07, 6.45) is 0. The monoisotopic (exact) mass is 425 g/mol. The summed E-state index contributed by atoms with van der Waals surface area (Å²) in [6, 6.07) is 13.6. The maximum atomic E-state index is 12.9. The first-order valence-electron chi connectivity index (χ1n) is 10.2. The van der Waals surface area contributed by atoms with Gasteiger partial charge in [-0.15, -0.1) is 0 Å². The normalized spacial score (nSPS) is 11.1. The van der Waals surface area contributed by atoms with Crippen LogP contribution >= 0.6 is 11.6 Å². The number of pyridine rings is 1. The number of hydrogen-bond donors (Lipinski definition) is 1. The topological polar surface area (TPSA) is 63.1 Å². The molecule has 0 bridgehead atoms. The zero-order valence-corrected chi connectivity index (χ0v) is 18.7. The molecule has 0 aliphatic rings. The van der Waals surface area contributed by atoms with Crippen molar-refractivity contribution in [2.75, 3.05) is 13.1 Å². The third-order valence-electron chi connectivity index (χ3n) is 5.12. The van der Waals surface area contributed by atoms with Gasteiger partial charge < -0.3 is 5.32 Å². The second kappa shape index (κ2) is 9.87. The average molecular weight is 426 g/mol. The van der Waals surface area contributed by atoms with Crippen LogP contribution in [0.15, 0.2) is 42.5 Å². The summed E-state index contributed by atoms with van der Waals surface area (Å²) < 4.78 is 1.71. The number of halogens is 1. The highest BCUT2D eigenvalue weighted by molar-refractivity contribution is 6.33. The molecule has 0 aliphatic carbocycles. The fourth-order valence-electron chi connectivity index (χ4n) is 3.40. The van der Waals surface area contributed by atoms with Crippen molar-refractivity contribution >= 4 is 17.5 Å². The lowest BCUT2D eigenvalue weighted by Crippen LogP contribution is -2.27. The third kappa shape index (κ3) is 5.07. The zero-order valence-electron chi connectivity index (χ0n) is 17.9. The highest BCUT2D eigenvalue weighted by Gasteiger charge is 2.16. The molecular weight excluding hydrogens is 398 g/mol. The van der Waals surface area contributed by atoms with E-state index in [-0.39, 0.29) is 11.6 Å². The van der Waals surface area contributed by atoms with Gasteiger partial charge in [-0.25, -0.2) is 9.67 Å². The lowest BCUT2D eigenvalue weighted by Gasteiger charge is -2.20. The van der Waals surface area contributed by atoms with Gasteiger partial charge in [-0.05, 0) is 56.3 Å². The van der Waals surface area contributed by atoms with Gasteiger partial charge in [-0.1, -0.05) is 49.7 Å². The van der Waals surface area contributed by atoms with Crippen molar-refractivity contribution in [2.24, 2.45) is 0 Å². The Hall–Kier alpha value is -2.70. The van der Waals surface area contributed by atoms with E-state index in [0.717, 1.165) is 36.6 Å². The molecule has 0 fully saturated rings. The number of carbonyl (C=O) groups is 1. The van der Waals surface area contributed by atoms with E-state index in [1.165, 1.54) is 5.56 Å². The number of aryl methyl sites for hydroxylation is 2. The number of aromatic nitrogens is 3. The quantitative estimate of drug-likeness (QED) is 0.584. The molecule has 0 aliphatic heterocycles. The highest BCUT2D eigenvalue weighted by atomic mass is 35.5. The summed E-state index contributed by atoms with van der Waals surface area (Å²) in [5, 5.41) is 7.72. The Morgan fingerprint density at radius 2 is 1.80 bits per heavy atom. The van der Waals surface area contributed by atoms with E-state index >= 15 is 0 Å². The van der Waals surface area contributed by atoms with Crippen LogP contribution in [0.1, 0.15) is 46.9 Å². The molecule has 0 saturated carbocycles. The van der Waals surface area contributed by atoms with Crippen LogP contribution in [0, 0.1) is 13.8 Å². The molecule has 158 valence electrons. The first-order valence-corrected chi connectivity index (χ1v) is 10.6. The molecule has 2 heterocycles. The molecule has 7 heteroatoms. The maximum Gasteiger partial charge on any atom is 0.271 e. The van der Waals surface area contributed by atoms with E-state index in [4.69, 9.17) is 11.6 Å². The SMILES string of the molecule is CCN(CC)Cc1ccccc1CNC(=O)c1nc(-n2nc(C)cc2C)ccc1Cl. The molecule has 2 aromatic heterocycles. The van der Waals surface area contributed by atoms with Gasteiger partial charge in [0.25, 0.3) is 5.91 Å². The number of nitrogens with one attached hydrogen (secondary N) is 1. The van der Waals surface area contributed by atoms with Crippen LogP contribution < -0.4 is 5.32 Å². The summed E-state index contributed by atoms with van der Waals surface area (Å²) in [5.74, 6) is 0.262. The third-order valence-corrected chi connectivity index (χ3v) is 5.42. The number of nitrogens with zero attached hydrogens (tertiary/aromatic N) is 4. The predicted molar refractivity (Wildman–Crippen MR) is 120 cm³/mol. The van der Waals surface area contributed by atoms with Gasteiger partial charge in [-0.3, -0.25) is 9.69 Å². The molecule has 1 amide bonds. The van der Waals surface area contributed by atoms with Crippen LogP contribution in [0.3, 0.4) is 0 Å². The molecule has 30 heavy (non-hydrogen) atoms. The summed E-state index contributed by atoms with van der Waals surface area (Å²) in [6.45, 7) is 11.4. The minimum atomic E-state index is -0.305. The van der Waals surface area contributed by atoms with E-state index in [9.17, 15) is 4.79 Å². The number of hydrogen-bond acceptors (Lipinski definition) is 4. The molecular formula is C23H28ClN5O. The van der Waals surface area contributed by atoms with Crippen LogP contribution in [0.2, 0.25) is 5.02 Å². The van der Waals surface area contributed by atoms with Gasteiger partial charge in [0.15, 0.2) is 5.82 Å². The van der Waals surface area contributed by atoms with Gasteiger partial charge >= 0.3 is 0 Å². The number of carbonyl (C=O) groups excluding carboxylic acids is 1. The standard InChI is InChI=1S/C23H28ClN5O/c1-5-28(6-2)15-19-10-8-7-9-18(19)14-25-23(30)22-20(24)11-12-21(26-22)29-17(4)13-16(3)27-29/h7-13H,5-6,14-15H2,1-4H3,(H,25,30). The molecule has 0 radical (unpaired) electrons. The summed E-state index contributed by atoms with van der Waals surface area (Å²) in [7, 11) is 0. The fraction of sp³-hybridized carbons (Fsp3) is 0.348. The first kappa shape index (κ1) is 22.0. The Balaban J connectivity index is 1.78. The van der Waals surface area contributed by atoms with E-state index in [0.29, 0.717) is 17.4 Å². The number of amides is 1. The van der Waals surface area contributed by atoms with Crippen molar-refractivity contribution in [1.29, 1.82) is 0 Å². The van der Waals surface area contributed by atoms with Gasteiger partial charge in [-0.2, -0.15) is 5.10 Å². The van der Waals surface area contributed by atoms with Crippen LogP contribution in [-0.2, 0) is 13.1 Å². The van der Waals surface area contributed by atoms with E-state index < -0.39 is 0 Å². The Morgan fingerprint density at radius 3 is 2.43 bits per heavy atom. The molecule has 1 N–H and O–H groups in total. The number of benzene rings is 1. The molecule has 3 aromatic rings. The van der Waals surface area contributed by atoms with E-state index in [2.05, 4.69) is 40.2 Å². The Kier molecular flexibility index (Phi) is 7.24. The zero-order chi connectivity index (χ0) is 21.7. The molecule has 0 unspecified atom stereocenters. The molecule has 6 nitrogen and oxygen atoms in total. The van der Waals surface area contributed by atoms with Crippen molar-refractivity contribution in [2.45, 2.75) is 40.8 Å². The van der Waals surface area contributed by atoms with Gasteiger partial charge in [0.1, 0.15) is 5.69 Å². The van der Waals surface area contributed by atoms with E-state index in [1.807, 2.05) is 38.1 Å². The second-order valence-corrected chi connectivity index (χ2v) is 7.66. The largest absolute Gasteiger partial charge is 0.347 e. The van der Waals surface area contributed by atoms with Crippen LogP contribution in [0.25, 0.3) is 5.82 Å². The molecule has 1 aromatic carbocycles.